The quantitative estimate of drug-likeness (QED) is 0.459. The van der Waals surface area contributed by atoms with Crippen molar-refractivity contribution in [2.45, 2.75) is 6.54 Å². The first kappa shape index (κ1) is 7.62. The third kappa shape index (κ3) is 2.30. The maximum absolute atomic E-state index is 5.18. The van der Waals surface area contributed by atoms with Gasteiger partial charge in [-0.3, -0.25) is 4.98 Å². The normalized spacial score (nSPS) is 8.73. The topological polar surface area (TPSA) is 16.1 Å². The smallest absolute Gasteiger partial charge is 0.0508 e. The second kappa shape index (κ2) is 3.62. The summed E-state index contributed by atoms with van der Waals surface area (Å²) < 4.78 is 0. The largest absolute Gasteiger partial charge is 0.331 e. The Kier molecular flexibility index (Phi) is 2.51. The Balaban J connectivity index is 2.60. The lowest BCUT2D eigenvalue weighted by atomic mass is 10.2. The van der Waals surface area contributed by atoms with E-state index in [4.69, 9.17) is 6.42 Å². The predicted molar refractivity (Wildman–Crippen MR) is 44.5 cm³/mol. The summed E-state index contributed by atoms with van der Waals surface area (Å²) in [7, 11) is 1.88. The molecule has 0 amide bonds. The summed E-state index contributed by atoms with van der Waals surface area (Å²) in [5.41, 5.74) is 1.18. The van der Waals surface area contributed by atoms with Crippen LogP contribution in [0, 0.1) is 12.5 Å². The third-order valence-electron chi connectivity index (χ3n) is 1.39. The first-order valence-corrected chi connectivity index (χ1v) is 3.39. The highest BCUT2D eigenvalue weighted by Gasteiger charge is 1.92. The SMILES string of the molecule is C#CN(C)Cc1ccncc1. The molecule has 0 radical (unpaired) electrons. The summed E-state index contributed by atoms with van der Waals surface area (Å²) in [4.78, 5) is 5.70. The van der Waals surface area contributed by atoms with Crippen LogP contribution < -0.4 is 0 Å². The zero-order valence-electron chi connectivity index (χ0n) is 6.49. The van der Waals surface area contributed by atoms with Gasteiger partial charge in [-0.25, -0.2) is 0 Å². The monoisotopic (exact) mass is 146 g/mol. The van der Waals surface area contributed by atoms with Crippen molar-refractivity contribution >= 4 is 0 Å². The lowest BCUT2D eigenvalue weighted by Gasteiger charge is -2.09. The van der Waals surface area contributed by atoms with E-state index in [1.807, 2.05) is 19.2 Å². The van der Waals surface area contributed by atoms with Gasteiger partial charge in [0.15, 0.2) is 0 Å². The number of aromatic nitrogens is 1. The molecule has 1 heterocycles. The van der Waals surface area contributed by atoms with Crippen molar-refractivity contribution in [3.05, 3.63) is 30.1 Å². The van der Waals surface area contributed by atoms with Crippen LogP contribution in [0.15, 0.2) is 24.5 Å². The summed E-state index contributed by atoms with van der Waals surface area (Å²) in [6, 6.07) is 6.43. The molecule has 0 saturated carbocycles. The van der Waals surface area contributed by atoms with E-state index in [1.165, 1.54) is 5.56 Å². The van der Waals surface area contributed by atoms with Crippen LogP contribution in [-0.4, -0.2) is 16.9 Å². The average molecular weight is 146 g/mol. The van der Waals surface area contributed by atoms with Gasteiger partial charge >= 0.3 is 0 Å². The van der Waals surface area contributed by atoms with Gasteiger partial charge in [0.2, 0.25) is 0 Å². The standard InChI is InChI=1S/C9H10N2/c1-3-11(2)8-9-4-6-10-7-5-9/h1,4-7H,8H2,2H3. The molecule has 0 aliphatic carbocycles. The van der Waals surface area contributed by atoms with Crippen molar-refractivity contribution in [3.8, 4) is 12.5 Å². The molecule has 0 aliphatic heterocycles. The molecule has 1 aromatic heterocycles. The van der Waals surface area contributed by atoms with Crippen LogP contribution >= 0.6 is 0 Å². The number of terminal acetylenes is 1. The number of rotatable bonds is 2. The van der Waals surface area contributed by atoms with Crippen molar-refractivity contribution in [2.75, 3.05) is 7.05 Å². The minimum absolute atomic E-state index is 0.777. The fourth-order valence-electron chi connectivity index (χ4n) is 0.808. The van der Waals surface area contributed by atoms with E-state index in [9.17, 15) is 0 Å². The zero-order valence-corrected chi connectivity index (χ0v) is 6.49. The van der Waals surface area contributed by atoms with E-state index in [1.54, 1.807) is 17.3 Å². The second-order valence-corrected chi connectivity index (χ2v) is 2.34. The van der Waals surface area contributed by atoms with Gasteiger partial charge in [-0.1, -0.05) is 6.42 Å². The van der Waals surface area contributed by atoms with E-state index in [0.29, 0.717) is 0 Å². The minimum atomic E-state index is 0.777. The van der Waals surface area contributed by atoms with Crippen LogP contribution in [0.2, 0.25) is 0 Å². The molecule has 0 bridgehead atoms. The first-order chi connectivity index (χ1) is 5.33. The molecule has 0 unspecified atom stereocenters. The molecule has 0 spiro atoms. The van der Waals surface area contributed by atoms with Crippen molar-refractivity contribution in [3.63, 3.8) is 0 Å². The summed E-state index contributed by atoms with van der Waals surface area (Å²) in [5, 5.41) is 0. The van der Waals surface area contributed by atoms with Crippen molar-refractivity contribution in [1.82, 2.24) is 9.88 Å². The van der Waals surface area contributed by atoms with Gasteiger partial charge in [0, 0.05) is 25.5 Å². The molecule has 2 nitrogen and oxygen atoms in total. The third-order valence-corrected chi connectivity index (χ3v) is 1.39. The van der Waals surface area contributed by atoms with Gasteiger partial charge in [-0.15, -0.1) is 0 Å². The molecule has 0 aliphatic rings. The average Bonchev–Trinajstić information content (AvgIpc) is 2.06. The Labute approximate surface area is 66.9 Å². The lowest BCUT2D eigenvalue weighted by Crippen LogP contribution is -2.09. The number of hydrogen-bond acceptors (Lipinski definition) is 2. The summed E-state index contributed by atoms with van der Waals surface area (Å²) in [5.74, 6) is 0. The molecule has 1 rings (SSSR count). The van der Waals surface area contributed by atoms with Crippen LogP contribution in [0.25, 0.3) is 0 Å². The van der Waals surface area contributed by atoms with Crippen LogP contribution in [-0.2, 0) is 6.54 Å². The molecule has 2 heteroatoms. The highest BCUT2D eigenvalue weighted by atomic mass is 15.1. The first-order valence-electron chi connectivity index (χ1n) is 3.39. The summed E-state index contributed by atoms with van der Waals surface area (Å²) >= 11 is 0. The van der Waals surface area contributed by atoms with Crippen LogP contribution in [0.1, 0.15) is 5.56 Å². The zero-order chi connectivity index (χ0) is 8.10. The second-order valence-electron chi connectivity index (χ2n) is 2.34. The van der Waals surface area contributed by atoms with E-state index in [-0.39, 0.29) is 0 Å². The van der Waals surface area contributed by atoms with Gasteiger partial charge in [0.25, 0.3) is 0 Å². The summed E-state index contributed by atoms with van der Waals surface area (Å²) in [6.07, 6.45) is 8.71. The van der Waals surface area contributed by atoms with Gasteiger partial charge in [-0.05, 0) is 17.7 Å². The van der Waals surface area contributed by atoms with Crippen LogP contribution in [0.4, 0.5) is 0 Å². The maximum Gasteiger partial charge on any atom is 0.0508 e. The van der Waals surface area contributed by atoms with Gasteiger partial charge in [0.1, 0.15) is 0 Å². The number of hydrogen-bond donors (Lipinski definition) is 0. The number of pyridine rings is 1. The van der Waals surface area contributed by atoms with Crippen molar-refractivity contribution < 1.29 is 0 Å². The Hall–Kier alpha value is -1.49. The molecular weight excluding hydrogens is 136 g/mol. The van der Waals surface area contributed by atoms with Crippen molar-refractivity contribution in [2.24, 2.45) is 0 Å². The van der Waals surface area contributed by atoms with Gasteiger partial charge in [-0.2, -0.15) is 0 Å². The molecule has 11 heavy (non-hydrogen) atoms. The van der Waals surface area contributed by atoms with E-state index in [2.05, 4.69) is 11.0 Å². The molecule has 0 fully saturated rings. The Bertz CT molecular complexity index is 248. The van der Waals surface area contributed by atoms with Crippen LogP contribution in [0.5, 0.6) is 0 Å². The van der Waals surface area contributed by atoms with Crippen molar-refractivity contribution in [1.29, 1.82) is 0 Å². The molecule has 56 valence electrons. The lowest BCUT2D eigenvalue weighted by molar-refractivity contribution is 0.478. The van der Waals surface area contributed by atoms with Crippen LogP contribution in [0.3, 0.4) is 0 Å². The fourth-order valence-corrected chi connectivity index (χ4v) is 0.808. The Morgan fingerprint density at radius 2 is 2.18 bits per heavy atom. The Morgan fingerprint density at radius 3 is 2.73 bits per heavy atom. The van der Waals surface area contributed by atoms with E-state index in [0.717, 1.165) is 6.54 Å². The fraction of sp³-hybridized carbons (Fsp3) is 0.222. The van der Waals surface area contributed by atoms with E-state index >= 15 is 0 Å². The summed E-state index contributed by atoms with van der Waals surface area (Å²) in [6.45, 7) is 0.777. The molecule has 1 aromatic rings. The molecule has 0 atom stereocenters. The molecule has 0 aromatic carbocycles. The molecular formula is C9H10N2. The van der Waals surface area contributed by atoms with Gasteiger partial charge < -0.3 is 4.90 Å². The maximum atomic E-state index is 5.18. The van der Waals surface area contributed by atoms with E-state index < -0.39 is 0 Å². The Morgan fingerprint density at radius 1 is 1.55 bits per heavy atom. The highest BCUT2D eigenvalue weighted by Crippen LogP contribution is 1.98. The number of nitrogens with zero attached hydrogens (tertiary/aromatic N) is 2. The molecule has 0 saturated heterocycles. The predicted octanol–water partition coefficient (Wildman–Crippen LogP) is 1.10. The minimum Gasteiger partial charge on any atom is -0.331 e. The highest BCUT2D eigenvalue weighted by molar-refractivity contribution is 5.10. The molecule has 0 N–H and O–H groups in total. The van der Waals surface area contributed by atoms with Gasteiger partial charge in [0.05, 0.1) is 6.54 Å².